The van der Waals surface area contributed by atoms with Gasteiger partial charge in [0.2, 0.25) is 0 Å². The minimum atomic E-state index is 0.0232. The SMILES string of the molecule is CC/C=C\C/C=C\CCCCC(=O)OC1CCC2(C)C(=CCC3C2CCC2(C)C(C(C)CCC(C)C(C)C)CCC32)C1. The summed E-state index contributed by atoms with van der Waals surface area (Å²) in [5.74, 6) is 6.03. The Hall–Kier alpha value is -1.31. The summed E-state index contributed by atoms with van der Waals surface area (Å²) in [5, 5.41) is 0. The first kappa shape index (κ1) is 33.6. The molecular weight excluding hydrogens is 512 g/mol. The Bertz CT molecular complexity index is 957. The topological polar surface area (TPSA) is 26.3 Å². The lowest BCUT2D eigenvalue weighted by Gasteiger charge is -2.58. The number of hydrogen-bond donors (Lipinski definition) is 0. The summed E-state index contributed by atoms with van der Waals surface area (Å²) >= 11 is 0. The molecule has 0 amide bonds. The molecule has 0 aromatic rings. The van der Waals surface area contributed by atoms with Gasteiger partial charge in [-0.15, -0.1) is 0 Å². The average Bonchev–Trinajstić information content (AvgIpc) is 3.32. The molecule has 0 aliphatic heterocycles. The number of fused-ring (bicyclic) bond motifs is 5. The van der Waals surface area contributed by atoms with Crippen LogP contribution in [0.5, 0.6) is 0 Å². The molecule has 0 aromatic carbocycles. The van der Waals surface area contributed by atoms with E-state index in [1.807, 2.05) is 0 Å². The van der Waals surface area contributed by atoms with Gasteiger partial charge in [0.15, 0.2) is 0 Å². The van der Waals surface area contributed by atoms with Crippen LogP contribution in [0.3, 0.4) is 0 Å². The minimum Gasteiger partial charge on any atom is -0.462 e. The fourth-order valence-corrected chi connectivity index (χ4v) is 10.1. The van der Waals surface area contributed by atoms with E-state index in [9.17, 15) is 4.79 Å². The molecule has 3 saturated carbocycles. The number of hydrogen-bond acceptors (Lipinski definition) is 2. The Labute approximate surface area is 260 Å². The van der Waals surface area contributed by atoms with Crippen molar-refractivity contribution in [1.29, 1.82) is 0 Å². The molecule has 0 saturated heterocycles. The molecule has 0 heterocycles. The first-order valence-corrected chi connectivity index (χ1v) is 18.3. The van der Waals surface area contributed by atoms with E-state index in [0.717, 1.165) is 86.4 Å². The molecule has 0 N–H and O–H groups in total. The highest BCUT2D eigenvalue weighted by Crippen LogP contribution is 2.67. The van der Waals surface area contributed by atoms with Crippen molar-refractivity contribution in [3.8, 4) is 0 Å². The van der Waals surface area contributed by atoms with Crippen molar-refractivity contribution in [3.05, 3.63) is 36.0 Å². The van der Waals surface area contributed by atoms with Crippen LogP contribution in [0.15, 0.2) is 36.0 Å². The van der Waals surface area contributed by atoms with Crippen molar-refractivity contribution >= 4 is 5.97 Å². The van der Waals surface area contributed by atoms with Crippen LogP contribution in [0.2, 0.25) is 0 Å². The maximum atomic E-state index is 12.7. The van der Waals surface area contributed by atoms with Crippen LogP contribution in [-0.2, 0) is 9.53 Å². The molecule has 2 heteroatoms. The van der Waals surface area contributed by atoms with Gasteiger partial charge < -0.3 is 4.74 Å². The summed E-state index contributed by atoms with van der Waals surface area (Å²) in [6.07, 6.45) is 30.5. The van der Waals surface area contributed by atoms with Gasteiger partial charge in [0.05, 0.1) is 0 Å². The summed E-state index contributed by atoms with van der Waals surface area (Å²) in [6.45, 7) is 17.3. The quantitative estimate of drug-likeness (QED) is 0.116. The van der Waals surface area contributed by atoms with Gasteiger partial charge in [-0.3, -0.25) is 4.79 Å². The van der Waals surface area contributed by atoms with E-state index < -0.39 is 0 Å². The molecular formula is C40H66O2. The van der Waals surface area contributed by atoms with Crippen molar-refractivity contribution in [2.75, 3.05) is 0 Å². The zero-order valence-corrected chi connectivity index (χ0v) is 28.6. The van der Waals surface area contributed by atoms with Crippen LogP contribution in [0.25, 0.3) is 0 Å². The van der Waals surface area contributed by atoms with Crippen LogP contribution < -0.4 is 0 Å². The number of allylic oxidation sites excluding steroid dienone is 5. The summed E-state index contributed by atoms with van der Waals surface area (Å²) in [6, 6.07) is 0. The molecule has 9 unspecified atom stereocenters. The van der Waals surface area contributed by atoms with Gasteiger partial charge >= 0.3 is 5.97 Å². The Balaban J connectivity index is 1.27. The predicted molar refractivity (Wildman–Crippen MR) is 179 cm³/mol. The first-order valence-electron chi connectivity index (χ1n) is 18.3. The molecule has 4 aliphatic carbocycles. The number of carbonyl (C=O) groups excluding carboxylic acids is 1. The van der Waals surface area contributed by atoms with E-state index in [1.54, 1.807) is 5.57 Å². The fourth-order valence-electron chi connectivity index (χ4n) is 10.1. The highest BCUT2D eigenvalue weighted by atomic mass is 16.5. The molecule has 2 nitrogen and oxygen atoms in total. The summed E-state index contributed by atoms with van der Waals surface area (Å²) in [4.78, 5) is 12.7. The molecule has 3 fully saturated rings. The Morgan fingerprint density at radius 2 is 1.74 bits per heavy atom. The second kappa shape index (κ2) is 15.1. The first-order chi connectivity index (χ1) is 20.1. The standard InChI is InChI=1S/C40H66O2/c1-8-9-10-11-12-13-14-15-16-17-38(41)42-33-24-26-39(6)32(28-33)20-21-34-36-23-22-35(40(36,7)27-25-37(34)39)31(5)19-18-30(4)29(2)3/h9-10,12-13,20,29-31,33-37H,8,11,14-19,21-28H2,1-7H3/b10-9-,13-12-. The minimum absolute atomic E-state index is 0.0232. The van der Waals surface area contributed by atoms with E-state index in [0.29, 0.717) is 17.3 Å². The van der Waals surface area contributed by atoms with E-state index >= 15 is 0 Å². The van der Waals surface area contributed by atoms with Gasteiger partial charge in [-0.05, 0) is 129 Å². The van der Waals surface area contributed by atoms with Gasteiger partial charge in [-0.1, -0.05) is 97.3 Å². The molecule has 9 atom stereocenters. The molecule has 42 heavy (non-hydrogen) atoms. The van der Waals surface area contributed by atoms with Crippen molar-refractivity contribution < 1.29 is 9.53 Å². The number of unbranched alkanes of at least 4 members (excludes halogenated alkanes) is 2. The lowest BCUT2D eigenvalue weighted by molar-refractivity contribution is -0.151. The van der Waals surface area contributed by atoms with Crippen LogP contribution in [-0.4, -0.2) is 12.1 Å². The van der Waals surface area contributed by atoms with Crippen LogP contribution in [0.4, 0.5) is 0 Å². The summed E-state index contributed by atoms with van der Waals surface area (Å²) < 4.78 is 6.07. The van der Waals surface area contributed by atoms with Gasteiger partial charge in [-0.25, -0.2) is 0 Å². The Morgan fingerprint density at radius 1 is 0.952 bits per heavy atom. The lowest BCUT2D eigenvalue weighted by Crippen LogP contribution is -2.51. The zero-order valence-electron chi connectivity index (χ0n) is 28.6. The number of esters is 1. The molecule has 0 radical (unpaired) electrons. The lowest BCUT2D eigenvalue weighted by atomic mass is 9.47. The monoisotopic (exact) mass is 579 g/mol. The van der Waals surface area contributed by atoms with E-state index in [-0.39, 0.29) is 12.1 Å². The number of ether oxygens (including phenoxy) is 1. The van der Waals surface area contributed by atoms with Crippen LogP contribution in [0.1, 0.15) is 151 Å². The molecule has 0 bridgehead atoms. The van der Waals surface area contributed by atoms with E-state index in [4.69, 9.17) is 4.74 Å². The molecule has 0 aromatic heterocycles. The van der Waals surface area contributed by atoms with Crippen LogP contribution >= 0.6 is 0 Å². The average molecular weight is 579 g/mol. The summed E-state index contributed by atoms with van der Waals surface area (Å²) in [5.41, 5.74) is 2.49. The van der Waals surface area contributed by atoms with E-state index in [1.165, 1.54) is 51.4 Å². The van der Waals surface area contributed by atoms with Crippen molar-refractivity contribution in [2.45, 2.75) is 157 Å². The second-order valence-corrected chi connectivity index (χ2v) is 16.0. The third-order valence-corrected chi connectivity index (χ3v) is 13.2. The predicted octanol–water partition coefficient (Wildman–Crippen LogP) is 11.7. The second-order valence-electron chi connectivity index (χ2n) is 16.0. The van der Waals surface area contributed by atoms with Crippen molar-refractivity contribution in [1.82, 2.24) is 0 Å². The largest absolute Gasteiger partial charge is 0.462 e. The van der Waals surface area contributed by atoms with Crippen molar-refractivity contribution in [3.63, 3.8) is 0 Å². The van der Waals surface area contributed by atoms with Gasteiger partial charge in [0.25, 0.3) is 0 Å². The van der Waals surface area contributed by atoms with Crippen molar-refractivity contribution in [2.24, 2.45) is 52.3 Å². The summed E-state index contributed by atoms with van der Waals surface area (Å²) in [7, 11) is 0. The Kier molecular flexibility index (Phi) is 12.1. The number of rotatable bonds is 14. The maximum absolute atomic E-state index is 12.7. The normalized spacial score (nSPS) is 36.0. The smallest absolute Gasteiger partial charge is 0.306 e. The molecule has 238 valence electrons. The molecule has 4 aliphatic rings. The molecule has 4 rings (SSSR count). The zero-order chi connectivity index (χ0) is 30.3. The van der Waals surface area contributed by atoms with Gasteiger partial charge in [-0.2, -0.15) is 0 Å². The maximum Gasteiger partial charge on any atom is 0.306 e. The molecule has 0 spiro atoms. The van der Waals surface area contributed by atoms with E-state index in [2.05, 4.69) is 78.8 Å². The highest BCUT2D eigenvalue weighted by Gasteiger charge is 2.59. The van der Waals surface area contributed by atoms with Gasteiger partial charge in [0, 0.05) is 12.8 Å². The third-order valence-electron chi connectivity index (χ3n) is 13.2. The highest BCUT2D eigenvalue weighted by molar-refractivity contribution is 5.69. The Morgan fingerprint density at radius 3 is 2.50 bits per heavy atom. The van der Waals surface area contributed by atoms with Gasteiger partial charge in [0.1, 0.15) is 6.10 Å². The van der Waals surface area contributed by atoms with Crippen LogP contribution in [0, 0.1) is 52.3 Å². The number of carbonyl (C=O) groups is 1. The fraction of sp³-hybridized carbons (Fsp3) is 0.825. The third kappa shape index (κ3) is 7.66.